The molecule has 0 unspecified atom stereocenters. The van der Waals surface area contributed by atoms with Crippen LogP contribution in [0.1, 0.15) is 18.0 Å². The minimum atomic E-state index is -0.0303. The highest BCUT2D eigenvalue weighted by molar-refractivity contribution is 5.80. The Hall–Kier alpha value is -3.00. The zero-order valence-corrected chi connectivity index (χ0v) is 16.1. The number of methoxy groups -OCH3 is 1. The van der Waals surface area contributed by atoms with Gasteiger partial charge in [0.1, 0.15) is 5.82 Å². The number of hydrogen-bond donors (Lipinski definition) is 1. The van der Waals surface area contributed by atoms with Crippen LogP contribution < -0.4 is 5.32 Å². The van der Waals surface area contributed by atoms with Gasteiger partial charge in [-0.2, -0.15) is 5.10 Å². The number of likely N-dealkylation sites (tertiary alicyclic amines) is 1. The Labute approximate surface area is 163 Å². The molecule has 0 bridgehead atoms. The molecule has 2 atom stereocenters. The quantitative estimate of drug-likeness (QED) is 0.675. The summed E-state index contributed by atoms with van der Waals surface area (Å²) in [4.78, 5) is 23.6. The molecule has 8 nitrogen and oxygen atoms in total. The maximum absolute atomic E-state index is 12.7. The van der Waals surface area contributed by atoms with Gasteiger partial charge in [-0.25, -0.2) is 4.98 Å². The number of carbonyl (C=O) groups excluding carboxylic acids is 1. The van der Waals surface area contributed by atoms with Gasteiger partial charge in [0.25, 0.3) is 0 Å². The minimum Gasteiger partial charge on any atom is -0.383 e. The van der Waals surface area contributed by atoms with Crippen molar-refractivity contribution in [2.75, 3.05) is 32.1 Å². The van der Waals surface area contributed by atoms with Crippen LogP contribution in [-0.2, 0) is 16.6 Å². The summed E-state index contributed by atoms with van der Waals surface area (Å²) in [6.45, 7) is 1.71. The first kappa shape index (κ1) is 18.4. The van der Waals surface area contributed by atoms with Crippen LogP contribution in [-0.4, -0.2) is 57.4 Å². The van der Waals surface area contributed by atoms with Gasteiger partial charge in [-0.3, -0.25) is 14.5 Å². The molecule has 0 radical (unpaired) electrons. The standard InChI is InChI=1S/C20H24N6O2/c1-25-13-15(11-23-25)20-14(9-19(27)26(20)7-8-28-2)10-22-18-12-21-16-5-3-4-6-17(16)24-18/h3-6,11-14,20H,7-10H2,1-2H3,(H,22,24)/t14-,20+/m0/s1. The summed E-state index contributed by atoms with van der Waals surface area (Å²) in [5, 5.41) is 7.66. The average Bonchev–Trinajstić information content (AvgIpc) is 3.27. The summed E-state index contributed by atoms with van der Waals surface area (Å²) in [5.74, 6) is 0.968. The SMILES string of the molecule is COCCN1C(=O)C[C@@H](CNc2cnc3ccccc3n2)[C@@H]1c1cnn(C)c1. The summed E-state index contributed by atoms with van der Waals surface area (Å²) in [6, 6.07) is 7.74. The number of fused-ring (bicyclic) bond motifs is 1. The van der Waals surface area contributed by atoms with Crippen molar-refractivity contribution in [3.8, 4) is 0 Å². The molecular formula is C20H24N6O2. The number of nitrogens with zero attached hydrogens (tertiary/aromatic N) is 5. The molecule has 1 amide bonds. The molecule has 1 aliphatic heterocycles. The molecule has 4 rings (SSSR count). The maximum atomic E-state index is 12.7. The Morgan fingerprint density at radius 1 is 1.25 bits per heavy atom. The normalized spacial score (nSPS) is 19.5. The summed E-state index contributed by atoms with van der Waals surface area (Å²) in [5.41, 5.74) is 2.75. The van der Waals surface area contributed by atoms with E-state index in [0.29, 0.717) is 31.9 Å². The second-order valence-electron chi connectivity index (χ2n) is 7.06. The van der Waals surface area contributed by atoms with E-state index in [1.165, 1.54) is 0 Å². The van der Waals surface area contributed by atoms with Gasteiger partial charge in [-0.05, 0) is 12.1 Å². The van der Waals surface area contributed by atoms with E-state index in [-0.39, 0.29) is 17.9 Å². The van der Waals surface area contributed by atoms with Gasteiger partial charge in [0.05, 0.1) is 36.1 Å². The molecule has 2 aromatic heterocycles. The van der Waals surface area contributed by atoms with Gasteiger partial charge >= 0.3 is 0 Å². The van der Waals surface area contributed by atoms with Crippen molar-refractivity contribution in [1.29, 1.82) is 0 Å². The minimum absolute atomic E-state index is 0.0303. The number of aromatic nitrogens is 4. The number of carbonyl (C=O) groups is 1. The molecule has 8 heteroatoms. The summed E-state index contributed by atoms with van der Waals surface area (Å²) in [6.07, 6.45) is 6.04. The van der Waals surface area contributed by atoms with Crippen LogP contribution in [0.15, 0.2) is 42.9 Å². The number of rotatable bonds is 7. The van der Waals surface area contributed by atoms with Crippen molar-refractivity contribution in [2.45, 2.75) is 12.5 Å². The summed E-state index contributed by atoms with van der Waals surface area (Å²) < 4.78 is 6.97. The lowest BCUT2D eigenvalue weighted by Crippen LogP contribution is -2.33. The molecule has 1 fully saturated rings. The van der Waals surface area contributed by atoms with Gasteiger partial charge in [-0.15, -0.1) is 0 Å². The Morgan fingerprint density at radius 2 is 2.07 bits per heavy atom. The first-order valence-electron chi connectivity index (χ1n) is 9.38. The first-order chi connectivity index (χ1) is 13.7. The largest absolute Gasteiger partial charge is 0.383 e. The Bertz CT molecular complexity index is 972. The van der Waals surface area contributed by atoms with Crippen molar-refractivity contribution < 1.29 is 9.53 Å². The van der Waals surface area contributed by atoms with Crippen LogP contribution in [0.25, 0.3) is 11.0 Å². The molecule has 1 aromatic carbocycles. The summed E-state index contributed by atoms with van der Waals surface area (Å²) in [7, 11) is 3.54. The number of benzene rings is 1. The first-order valence-corrected chi connectivity index (χ1v) is 9.38. The number of ether oxygens (including phenoxy) is 1. The van der Waals surface area contributed by atoms with Gasteiger partial charge in [0.2, 0.25) is 5.91 Å². The highest BCUT2D eigenvalue weighted by atomic mass is 16.5. The number of para-hydroxylation sites is 2. The van der Waals surface area contributed by atoms with E-state index in [4.69, 9.17) is 4.74 Å². The summed E-state index contributed by atoms with van der Waals surface area (Å²) >= 11 is 0. The Morgan fingerprint density at radius 3 is 2.82 bits per heavy atom. The number of amides is 1. The average molecular weight is 380 g/mol. The topological polar surface area (TPSA) is 85.2 Å². The van der Waals surface area contributed by atoms with Crippen LogP contribution in [0, 0.1) is 5.92 Å². The fourth-order valence-corrected chi connectivity index (χ4v) is 3.82. The molecule has 0 spiro atoms. The van der Waals surface area contributed by atoms with Gasteiger partial charge in [0, 0.05) is 51.3 Å². The lowest BCUT2D eigenvalue weighted by Gasteiger charge is -2.27. The maximum Gasteiger partial charge on any atom is 0.223 e. The molecule has 3 heterocycles. The molecule has 1 aliphatic rings. The number of anilines is 1. The van der Waals surface area contributed by atoms with Crippen LogP contribution in [0.4, 0.5) is 5.82 Å². The Kier molecular flexibility index (Phi) is 5.21. The van der Waals surface area contributed by atoms with Crippen LogP contribution in [0.3, 0.4) is 0 Å². The van der Waals surface area contributed by atoms with Crippen LogP contribution in [0.5, 0.6) is 0 Å². The molecular weight excluding hydrogens is 356 g/mol. The fraction of sp³-hybridized carbons (Fsp3) is 0.400. The highest BCUT2D eigenvalue weighted by Crippen LogP contribution is 2.37. The van der Waals surface area contributed by atoms with E-state index in [1.807, 2.05) is 48.6 Å². The van der Waals surface area contributed by atoms with Crippen molar-refractivity contribution in [2.24, 2.45) is 13.0 Å². The van der Waals surface area contributed by atoms with Crippen molar-refractivity contribution in [3.63, 3.8) is 0 Å². The molecule has 3 aromatic rings. The molecule has 0 saturated carbocycles. The van der Waals surface area contributed by atoms with E-state index < -0.39 is 0 Å². The fourth-order valence-electron chi connectivity index (χ4n) is 3.82. The van der Waals surface area contributed by atoms with Gasteiger partial charge in [-0.1, -0.05) is 12.1 Å². The highest BCUT2D eigenvalue weighted by Gasteiger charge is 2.40. The second kappa shape index (κ2) is 7.93. The molecule has 0 aliphatic carbocycles. The third kappa shape index (κ3) is 3.68. The molecule has 1 N–H and O–H groups in total. The third-order valence-electron chi connectivity index (χ3n) is 5.14. The zero-order valence-electron chi connectivity index (χ0n) is 16.1. The molecule has 28 heavy (non-hydrogen) atoms. The zero-order chi connectivity index (χ0) is 19.5. The number of hydrogen-bond acceptors (Lipinski definition) is 6. The third-order valence-corrected chi connectivity index (χ3v) is 5.14. The van der Waals surface area contributed by atoms with Gasteiger partial charge < -0.3 is 15.0 Å². The molecule has 146 valence electrons. The Balaban J connectivity index is 1.53. The lowest BCUT2D eigenvalue weighted by atomic mass is 9.95. The second-order valence-corrected chi connectivity index (χ2v) is 7.06. The predicted molar refractivity (Wildman–Crippen MR) is 106 cm³/mol. The van der Waals surface area contributed by atoms with E-state index in [0.717, 1.165) is 16.6 Å². The smallest absolute Gasteiger partial charge is 0.223 e. The number of aryl methyl sites for hydroxylation is 1. The lowest BCUT2D eigenvalue weighted by molar-refractivity contribution is -0.129. The predicted octanol–water partition coefficient (Wildman–Crippen LogP) is 2.01. The van der Waals surface area contributed by atoms with Crippen LogP contribution >= 0.6 is 0 Å². The van der Waals surface area contributed by atoms with Crippen molar-refractivity contribution in [1.82, 2.24) is 24.6 Å². The van der Waals surface area contributed by atoms with Crippen LogP contribution in [0.2, 0.25) is 0 Å². The van der Waals surface area contributed by atoms with Crippen molar-refractivity contribution in [3.05, 3.63) is 48.4 Å². The van der Waals surface area contributed by atoms with E-state index >= 15 is 0 Å². The van der Waals surface area contributed by atoms with Crippen molar-refractivity contribution >= 4 is 22.8 Å². The van der Waals surface area contributed by atoms with E-state index in [1.54, 1.807) is 18.0 Å². The number of nitrogens with one attached hydrogen (secondary N) is 1. The molecule has 1 saturated heterocycles. The van der Waals surface area contributed by atoms with E-state index in [9.17, 15) is 4.79 Å². The van der Waals surface area contributed by atoms with E-state index in [2.05, 4.69) is 20.4 Å². The monoisotopic (exact) mass is 380 g/mol. The van der Waals surface area contributed by atoms with Gasteiger partial charge in [0.15, 0.2) is 0 Å².